The topological polar surface area (TPSA) is 110 Å². The van der Waals surface area contributed by atoms with E-state index in [0.29, 0.717) is 22.2 Å². The molecule has 0 saturated heterocycles. The minimum atomic E-state index is -0.653. The SMILES string of the molecule is Cc1nc(C2CC2)nc2sc(C(=O)Nc3cccc(NC(N)=O)c3)c(C)c12. The average Bonchev–Trinajstić information content (AvgIpc) is 3.38. The monoisotopic (exact) mass is 381 g/mol. The minimum Gasteiger partial charge on any atom is -0.351 e. The van der Waals surface area contributed by atoms with Crippen molar-refractivity contribution in [3.05, 3.63) is 46.2 Å². The Morgan fingerprint density at radius 1 is 1.15 bits per heavy atom. The smallest absolute Gasteiger partial charge is 0.316 e. The summed E-state index contributed by atoms with van der Waals surface area (Å²) in [6, 6.07) is 6.18. The van der Waals surface area contributed by atoms with E-state index < -0.39 is 6.03 Å². The summed E-state index contributed by atoms with van der Waals surface area (Å²) in [7, 11) is 0. The molecule has 1 fully saturated rings. The molecule has 1 aromatic carbocycles. The zero-order chi connectivity index (χ0) is 19.1. The Bertz CT molecular complexity index is 1070. The van der Waals surface area contributed by atoms with Gasteiger partial charge in [-0.15, -0.1) is 11.3 Å². The Morgan fingerprint density at radius 3 is 2.52 bits per heavy atom. The normalized spacial score (nSPS) is 13.6. The largest absolute Gasteiger partial charge is 0.351 e. The summed E-state index contributed by atoms with van der Waals surface area (Å²) >= 11 is 1.39. The standard InChI is InChI=1S/C19H19N5O2S/c1-9-14-10(2)21-16(11-6-7-11)24-18(14)27-15(9)17(25)22-12-4-3-5-13(8-12)23-19(20)26/h3-5,8,11H,6-7H2,1-2H3,(H,22,25)(H3,20,23,26). The number of carbonyl (C=O) groups is 2. The molecule has 0 radical (unpaired) electrons. The zero-order valence-corrected chi connectivity index (χ0v) is 15.8. The Hall–Kier alpha value is -3.00. The van der Waals surface area contributed by atoms with Crippen LogP contribution in [0.4, 0.5) is 16.2 Å². The molecular formula is C19H19N5O2S. The number of urea groups is 1. The summed E-state index contributed by atoms with van der Waals surface area (Å²) < 4.78 is 0. The molecule has 0 aliphatic heterocycles. The third kappa shape index (κ3) is 3.48. The zero-order valence-electron chi connectivity index (χ0n) is 15.0. The van der Waals surface area contributed by atoms with E-state index >= 15 is 0 Å². The van der Waals surface area contributed by atoms with Crippen molar-refractivity contribution in [3.8, 4) is 0 Å². The van der Waals surface area contributed by atoms with Crippen molar-refractivity contribution in [2.24, 2.45) is 5.73 Å². The van der Waals surface area contributed by atoms with Gasteiger partial charge in [0, 0.05) is 22.7 Å². The Labute approximate surface area is 160 Å². The minimum absolute atomic E-state index is 0.209. The molecule has 4 N–H and O–H groups in total. The first-order valence-corrected chi connectivity index (χ1v) is 9.49. The molecule has 1 aliphatic rings. The van der Waals surface area contributed by atoms with Crippen molar-refractivity contribution in [3.63, 3.8) is 0 Å². The maximum Gasteiger partial charge on any atom is 0.316 e. The molecular weight excluding hydrogens is 362 g/mol. The molecule has 0 spiro atoms. The number of aromatic nitrogens is 2. The average molecular weight is 381 g/mol. The summed E-state index contributed by atoms with van der Waals surface area (Å²) in [5.41, 5.74) is 8.03. The maximum atomic E-state index is 12.8. The number of nitrogens with one attached hydrogen (secondary N) is 2. The van der Waals surface area contributed by atoms with Gasteiger partial charge in [0.05, 0.1) is 10.6 Å². The van der Waals surface area contributed by atoms with Crippen molar-refractivity contribution < 1.29 is 9.59 Å². The van der Waals surface area contributed by atoms with Crippen LogP contribution >= 0.6 is 11.3 Å². The lowest BCUT2D eigenvalue weighted by Crippen LogP contribution is -2.19. The van der Waals surface area contributed by atoms with Gasteiger partial charge in [-0.3, -0.25) is 4.79 Å². The number of hydrogen-bond acceptors (Lipinski definition) is 5. The van der Waals surface area contributed by atoms with Gasteiger partial charge in [-0.05, 0) is 50.5 Å². The molecule has 2 heterocycles. The molecule has 0 unspecified atom stereocenters. The first-order valence-electron chi connectivity index (χ1n) is 8.68. The number of thiophene rings is 1. The van der Waals surface area contributed by atoms with Crippen LogP contribution in [0.1, 0.15) is 45.5 Å². The highest BCUT2D eigenvalue weighted by molar-refractivity contribution is 7.20. The number of nitrogens with zero attached hydrogens (tertiary/aromatic N) is 2. The van der Waals surface area contributed by atoms with Gasteiger partial charge < -0.3 is 16.4 Å². The molecule has 27 heavy (non-hydrogen) atoms. The molecule has 3 aromatic rings. The van der Waals surface area contributed by atoms with Gasteiger partial charge in [0.15, 0.2) is 0 Å². The fourth-order valence-corrected chi connectivity index (χ4v) is 4.24. The summed E-state index contributed by atoms with van der Waals surface area (Å²) in [5.74, 6) is 1.14. The highest BCUT2D eigenvalue weighted by atomic mass is 32.1. The van der Waals surface area contributed by atoms with Crippen molar-refractivity contribution in [1.29, 1.82) is 0 Å². The number of benzene rings is 1. The van der Waals surface area contributed by atoms with Gasteiger partial charge in [0.2, 0.25) is 0 Å². The molecule has 2 aromatic heterocycles. The van der Waals surface area contributed by atoms with Crippen molar-refractivity contribution >= 4 is 44.9 Å². The molecule has 7 nitrogen and oxygen atoms in total. The van der Waals surface area contributed by atoms with Gasteiger partial charge in [0.1, 0.15) is 10.7 Å². The van der Waals surface area contributed by atoms with E-state index in [1.165, 1.54) is 11.3 Å². The highest BCUT2D eigenvalue weighted by Gasteiger charge is 2.28. The number of anilines is 2. The lowest BCUT2D eigenvalue weighted by molar-refractivity contribution is 0.103. The lowest BCUT2D eigenvalue weighted by atomic mass is 10.1. The Kier molecular flexibility index (Phi) is 4.27. The molecule has 1 aliphatic carbocycles. The number of primary amides is 1. The summed E-state index contributed by atoms with van der Waals surface area (Å²) in [6.07, 6.45) is 2.27. The third-order valence-corrected chi connectivity index (χ3v) is 5.71. The van der Waals surface area contributed by atoms with E-state index in [4.69, 9.17) is 5.73 Å². The lowest BCUT2D eigenvalue weighted by Gasteiger charge is -2.07. The number of rotatable bonds is 4. The second-order valence-corrected chi connectivity index (χ2v) is 7.70. The maximum absolute atomic E-state index is 12.8. The molecule has 1 saturated carbocycles. The van der Waals surface area contributed by atoms with Crippen LogP contribution in [0.25, 0.3) is 10.2 Å². The van der Waals surface area contributed by atoms with Crippen molar-refractivity contribution in [2.45, 2.75) is 32.6 Å². The van der Waals surface area contributed by atoms with Crippen LogP contribution in [-0.2, 0) is 0 Å². The van der Waals surface area contributed by atoms with Crippen LogP contribution in [-0.4, -0.2) is 21.9 Å². The van der Waals surface area contributed by atoms with E-state index in [-0.39, 0.29) is 5.91 Å². The summed E-state index contributed by atoms with van der Waals surface area (Å²) in [4.78, 5) is 34.6. The number of carbonyl (C=O) groups excluding carboxylic acids is 2. The molecule has 8 heteroatoms. The van der Waals surface area contributed by atoms with Gasteiger partial charge in [-0.1, -0.05) is 6.07 Å². The van der Waals surface area contributed by atoms with Gasteiger partial charge >= 0.3 is 6.03 Å². The first kappa shape index (κ1) is 17.4. The van der Waals surface area contributed by atoms with Crippen molar-refractivity contribution in [2.75, 3.05) is 10.6 Å². The fourth-order valence-electron chi connectivity index (χ4n) is 3.11. The number of amides is 3. The van der Waals surface area contributed by atoms with Crippen LogP contribution in [0.15, 0.2) is 24.3 Å². The molecule has 138 valence electrons. The quantitative estimate of drug-likeness (QED) is 0.636. The predicted octanol–water partition coefficient (Wildman–Crippen LogP) is 3.93. The molecule has 0 bridgehead atoms. The predicted molar refractivity (Wildman–Crippen MR) is 106 cm³/mol. The van der Waals surface area contributed by atoms with Crippen molar-refractivity contribution in [1.82, 2.24) is 9.97 Å². The third-order valence-electron chi connectivity index (χ3n) is 4.53. The van der Waals surface area contributed by atoms with Gasteiger partial charge in [-0.25, -0.2) is 14.8 Å². The highest BCUT2D eigenvalue weighted by Crippen LogP contribution is 2.40. The second kappa shape index (κ2) is 6.62. The Balaban J connectivity index is 1.64. The summed E-state index contributed by atoms with van der Waals surface area (Å²) in [6.45, 7) is 3.89. The molecule has 0 atom stereocenters. The van der Waals surface area contributed by atoms with E-state index in [2.05, 4.69) is 20.6 Å². The molecule has 3 amide bonds. The number of nitrogens with two attached hydrogens (primary N) is 1. The van der Waals surface area contributed by atoms with Gasteiger partial charge in [0.25, 0.3) is 5.91 Å². The number of hydrogen-bond donors (Lipinski definition) is 3. The van der Waals surface area contributed by atoms with E-state index in [9.17, 15) is 9.59 Å². The fraction of sp³-hybridized carbons (Fsp3) is 0.263. The second-order valence-electron chi connectivity index (χ2n) is 6.70. The number of fused-ring (bicyclic) bond motifs is 1. The van der Waals surface area contributed by atoms with Crippen LogP contribution in [0, 0.1) is 13.8 Å². The molecule has 4 rings (SSSR count). The van der Waals surface area contributed by atoms with Crippen LogP contribution in [0.3, 0.4) is 0 Å². The number of aryl methyl sites for hydroxylation is 2. The van der Waals surface area contributed by atoms with Gasteiger partial charge in [-0.2, -0.15) is 0 Å². The van der Waals surface area contributed by atoms with E-state index in [1.807, 2.05) is 13.8 Å². The van der Waals surface area contributed by atoms with Crippen LogP contribution < -0.4 is 16.4 Å². The van der Waals surface area contributed by atoms with E-state index in [1.54, 1.807) is 24.3 Å². The van der Waals surface area contributed by atoms with E-state index in [0.717, 1.165) is 40.1 Å². The summed E-state index contributed by atoms with van der Waals surface area (Å²) in [5, 5.41) is 6.32. The van der Waals surface area contributed by atoms with Crippen LogP contribution in [0.5, 0.6) is 0 Å². The van der Waals surface area contributed by atoms with Crippen LogP contribution in [0.2, 0.25) is 0 Å². The first-order chi connectivity index (χ1) is 12.9. The Morgan fingerprint density at radius 2 is 1.85 bits per heavy atom.